The number of carbonyl (C=O) groups is 2. The maximum absolute atomic E-state index is 12.2. The zero-order valence-corrected chi connectivity index (χ0v) is 11.3. The fourth-order valence-corrected chi connectivity index (χ4v) is 2.23. The summed E-state index contributed by atoms with van der Waals surface area (Å²) >= 11 is 0. The number of likely N-dealkylation sites (tertiary alicyclic amines) is 1. The zero-order chi connectivity index (χ0) is 13.7. The summed E-state index contributed by atoms with van der Waals surface area (Å²) in [6.07, 6.45) is 0. The molecule has 104 valence electrons. The van der Waals surface area contributed by atoms with Crippen molar-refractivity contribution in [3.05, 3.63) is 0 Å². The lowest BCUT2D eigenvalue weighted by Gasteiger charge is -2.26. The fraction of sp³-hybridized carbons (Fsp3) is 0.833. The van der Waals surface area contributed by atoms with Gasteiger partial charge < -0.3 is 19.6 Å². The summed E-state index contributed by atoms with van der Waals surface area (Å²) in [5.41, 5.74) is 0. The molecule has 1 aliphatic rings. The molecule has 1 fully saturated rings. The van der Waals surface area contributed by atoms with E-state index in [0.29, 0.717) is 32.8 Å². The molecule has 0 radical (unpaired) electrons. The molecule has 0 aromatic carbocycles. The van der Waals surface area contributed by atoms with Gasteiger partial charge in [-0.1, -0.05) is 6.92 Å². The van der Waals surface area contributed by atoms with Crippen LogP contribution in [0.5, 0.6) is 0 Å². The minimum Gasteiger partial charge on any atom is -0.481 e. The normalized spacial score (nSPS) is 23.2. The highest BCUT2D eigenvalue weighted by Gasteiger charge is 2.38. The van der Waals surface area contributed by atoms with Crippen LogP contribution in [-0.4, -0.2) is 66.8 Å². The molecule has 1 aliphatic heterocycles. The number of methoxy groups -OCH3 is 1. The Balaban J connectivity index is 2.59. The highest BCUT2D eigenvalue weighted by molar-refractivity contribution is 5.77. The van der Waals surface area contributed by atoms with Crippen molar-refractivity contribution in [1.82, 2.24) is 9.80 Å². The number of aliphatic carboxylic acids is 1. The highest BCUT2D eigenvalue weighted by Crippen LogP contribution is 2.24. The molecule has 2 unspecified atom stereocenters. The number of hydrogen-bond donors (Lipinski definition) is 1. The van der Waals surface area contributed by atoms with E-state index < -0.39 is 11.9 Å². The van der Waals surface area contributed by atoms with Gasteiger partial charge in [-0.2, -0.15) is 0 Å². The summed E-state index contributed by atoms with van der Waals surface area (Å²) < 4.78 is 4.96. The van der Waals surface area contributed by atoms with Crippen LogP contribution in [0.1, 0.15) is 13.8 Å². The van der Waals surface area contributed by atoms with Crippen molar-refractivity contribution in [3.63, 3.8) is 0 Å². The highest BCUT2D eigenvalue weighted by atomic mass is 16.5. The Morgan fingerprint density at radius 2 is 2.11 bits per heavy atom. The minimum atomic E-state index is -0.822. The molecule has 2 amide bonds. The van der Waals surface area contributed by atoms with Gasteiger partial charge in [0.15, 0.2) is 0 Å². The van der Waals surface area contributed by atoms with E-state index in [2.05, 4.69) is 0 Å². The van der Waals surface area contributed by atoms with E-state index >= 15 is 0 Å². The molecule has 0 aromatic heterocycles. The van der Waals surface area contributed by atoms with Crippen LogP contribution >= 0.6 is 0 Å². The van der Waals surface area contributed by atoms with E-state index in [1.807, 2.05) is 13.8 Å². The van der Waals surface area contributed by atoms with E-state index in [-0.39, 0.29) is 11.9 Å². The standard InChI is InChI=1S/C12H22N2O4/c1-4-13(5-6-18-3)12(17)14-7-9(2)10(8-14)11(15)16/h9-10H,4-8H2,1-3H3,(H,15,16). The third-order valence-corrected chi connectivity index (χ3v) is 3.42. The lowest BCUT2D eigenvalue weighted by Crippen LogP contribution is -2.43. The Kier molecular flexibility index (Phi) is 5.40. The van der Waals surface area contributed by atoms with Crippen LogP contribution in [0.4, 0.5) is 4.79 Å². The second-order valence-corrected chi connectivity index (χ2v) is 4.68. The molecular weight excluding hydrogens is 236 g/mol. The first-order chi connectivity index (χ1) is 8.51. The first kappa shape index (κ1) is 14.8. The van der Waals surface area contributed by atoms with Crippen LogP contribution in [-0.2, 0) is 9.53 Å². The van der Waals surface area contributed by atoms with Gasteiger partial charge in [-0.15, -0.1) is 0 Å². The van der Waals surface area contributed by atoms with Crippen molar-refractivity contribution in [2.45, 2.75) is 13.8 Å². The predicted molar refractivity (Wildman–Crippen MR) is 66.4 cm³/mol. The number of likely N-dealkylation sites (N-methyl/N-ethyl adjacent to an activating group) is 1. The quantitative estimate of drug-likeness (QED) is 0.789. The smallest absolute Gasteiger partial charge is 0.320 e. The van der Waals surface area contributed by atoms with Gasteiger partial charge in [0, 0.05) is 33.3 Å². The summed E-state index contributed by atoms with van der Waals surface area (Å²) in [7, 11) is 1.59. The summed E-state index contributed by atoms with van der Waals surface area (Å²) in [6, 6.07) is -0.0925. The van der Waals surface area contributed by atoms with Gasteiger partial charge in [0.05, 0.1) is 12.5 Å². The Morgan fingerprint density at radius 1 is 1.44 bits per heavy atom. The molecule has 0 aromatic rings. The van der Waals surface area contributed by atoms with Crippen LogP contribution in [0.2, 0.25) is 0 Å². The number of hydrogen-bond acceptors (Lipinski definition) is 3. The maximum Gasteiger partial charge on any atom is 0.320 e. The molecule has 0 saturated carbocycles. The fourth-order valence-electron chi connectivity index (χ4n) is 2.23. The molecule has 0 aliphatic carbocycles. The SMILES string of the molecule is CCN(CCOC)C(=O)N1CC(C)C(C(=O)O)C1. The average Bonchev–Trinajstić information content (AvgIpc) is 2.72. The summed E-state index contributed by atoms with van der Waals surface area (Å²) in [5, 5.41) is 9.05. The second-order valence-electron chi connectivity index (χ2n) is 4.68. The number of carboxylic acids is 1. The first-order valence-electron chi connectivity index (χ1n) is 6.26. The maximum atomic E-state index is 12.2. The van der Waals surface area contributed by atoms with Gasteiger partial charge in [0.25, 0.3) is 0 Å². The monoisotopic (exact) mass is 258 g/mol. The summed E-state index contributed by atoms with van der Waals surface area (Å²) in [4.78, 5) is 26.5. The van der Waals surface area contributed by atoms with E-state index in [0.717, 1.165) is 0 Å². The molecule has 0 bridgehead atoms. The number of urea groups is 1. The molecule has 18 heavy (non-hydrogen) atoms. The zero-order valence-electron chi connectivity index (χ0n) is 11.3. The minimum absolute atomic E-state index is 0.00702. The Bertz CT molecular complexity index is 308. The van der Waals surface area contributed by atoms with E-state index in [1.54, 1.807) is 16.9 Å². The van der Waals surface area contributed by atoms with E-state index in [1.165, 1.54) is 0 Å². The second kappa shape index (κ2) is 6.58. The molecule has 1 heterocycles. The number of nitrogens with zero attached hydrogens (tertiary/aromatic N) is 2. The van der Waals surface area contributed by atoms with Crippen LogP contribution in [0.3, 0.4) is 0 Å². The number of carboxylic acid groups (broad SMARTS) is 1. The van der Waals surface area contributed by atoms with Crippen LogP contribution in [0.15, 0.2) is 0 Å². The number of ether oxygens (including phenoxy) is 1. The predicted octanol–water partition coefficient (Wildman–Crippen LogP) is 0.727. The van der Waals surface area contributed by atoms with E-state index in [9.17, 15) is 9.59 Å². The Labute approximate surface area is 107 Å². The lowest BCUT2D eigenvalue weighted by atomic mass is 9.99. The lowest BCUT2D eigenvalue weighted by molar-refractivity contribution is -0.142. The van der Waals surface area contributed by atoms with Gasteiger partial charge in [0.1, 0.15) is 0 Å². The Hall–Kier alpha value is -1.30. The van der Waals surface area contributed by atoms with Crippen LogP contribution < -0.4 is 0 Å². The third-order valence-electron chi connectivity index (χ3n) is 3.42. The van der Waals surface area contributed by atoms with Gasteiger partial charge in [-0.25, -0.2) is 4.79 Å². The van der Waals surface area contributed by atoms with Crippen molar-refractivity contribution in [2.75, 3.05) is 39.9 Å². The molecule has 2 atom stereocenters. The molecule has 0 spiro atoms. The van der Waals surface area contributed by atoms with Gasteiger partial charge in [0.2, 0.25) is 0 Å². The van der Waals surface area contributed by atoms with Crippen LogP contribution in [0.25, 0.3) is 0 Å². The van der Waals surface area contributed by atoms with Crippen molar-refractivity contribution in [3.8, 4) is 0 Å². The largest absolute Gasteiger partial charge is 0.481 e. The van der Waals surface area contributed by atoms with Gasteiger partial charge >= 0.3 is 12.0 Å². The number of rotatable bonds is 5. The van der Waals surface area contributed by atoms with Crippen molar-refractivity contribution >= 4 is 12.0 Å². The first-order valence-corrected chi connectivity index (χ1v) is 6.26. The van der Waals surface area contributed by atoms with Gasteiger partial charge in [-0.3, -0.25) is 4.79 Å². The molecule has 1 N–H and O–H groups in total. The summed E-state index contributed by atoms with van der Waals surface area (Å²) in [5.74, 6) is -1.26. The molecule has 1 rings (SSSR count). The Morgan fingerprint density at radius 3 is 2.56 bits per heavy atom. The number of carbonyl (C=O) groups excluding carboxylic acids is 1. The molecule has 6 heteroatoms. The van der Waals surface area contributed by atoms with Crippen LogP contribution in [0, 0.1) is 11.8 Å². The molecule has 1 saturated heterocycles. The topological polar surface area (TPSA) is 70.1 Å². The van der Waals surface area contributed by atoms with Gasteiger partial charge in [-0.05, 0) is 12.8 Å². The van der Waals surface area contributed by atoms with E-state index in [4.69, 9.17) is 9.84 Å². The molecule has 6 nitrogen and oxygen atoms in total. The van der Waals surface area contributed by atoms with Crippen molar-refractivity contribution in [1.29, 1.82) is 0 Å². The average molecular weight is 258 g/mol. The molecular formula is C12H22N2O4. The summed E-state index contributed by atoms with van der Waals surface area (Å²) in [6.45, 7) is 6.22. The number of amides is 2. The van der Waals surface area contributed by atoms with Crippen molar-refractivity contribution in [2.24, 2.45) is 11.8 Å². The van der Waals surface area contributed by atoms with Crippen molar-refractivity contribution < 1.29 is 19.4 Å². The third kappa shape index (κ3) is 3.35.